The van der Waals surface area contributed by atoms with Crippen LogP contribution in [-0.4, -0.2) is 10.2 Å². The first-order valence-corrected chi connectivity index (χ1v) is 8.80. The van der Waals surface area contributed by atoms with Crippen molar-refractivity contribution in [1.29, 1.82) is 0 Å². The molecule has 0 heterocycles. The van der Waals surface area contributed by atoms with Crippen LogP contribution in [0.15, 0.2) is 48.5 Å². The summed E-state index contributed by atoms with van der Waals surface area (Å²) >= 11 is 0. The Morgan fingerprint density at radius 3 is 1.30 bits per heavy atom. The van der Waals surface area contributed by atoms with Crippen LogP contribution in [0.1, 0.15) is 49.7 Å². The summed E-state index contributed by atoms with van der Waals surface area (Å²) in [5.41, 5.74) is 2.70. The van der Waals surface area contributed by atoms with Gasteiger partial charge in [0.05, 0.1) is 0 Å². The average molecular weight is 308 g/mol. The highest BCUT2D eigenvalue weighted by Crippen LogP contribution is 2.58. The highest BCUT2D eigenvalue weighted by atomic mass is 16.3. The molecule has 2 fully saturated rings. The standard InChI is InChI=1S/C21H24O2/c22-19-11-7-17(8-12-19)21(18-9-13-20(23)14-10-18)15-3-1-4-16(21)6-2-5-15/h7-16,22-23H,1-6H2. The Balaban J connectivity index is 1.92. The number of aromatic hydroxyl groups is 2. The van der Waals surface area contributed by atoms with Gasteiger partial charge in [0.25, 0.3) is 0 Å². The van der Waals surface area contributed by atoms with Gasteiger partial charge in [0.15, 0.2) is 0 Å². The molecule has 120 valence electrons. The Morgan fingerprint density at radius 2 is 0.957 bits per heavy atom. The van der Waals surface area contributed by atoms with Gasteiger partial charge in [0.2, 0.25) is 0 Å². The van der Waals surface area contributed by atoms with Crippen LogP contribution in [0.5, 0.6) is 11.5 Å². The van der Waals surface area contributed by atoms with Gasteiger partial charge in [-0.15, -0.1) is 0 Å². The fraction of sp³-hybridized carbons (Fsp3) is 0.429. The molecule has 2 aliphatic carbocycles. The molecule has 0 aromatic heterocycles. The lowest BCUT2D eigenvalue weighted by Gasteiger charge is -2.54. The van der Waals surface area contributed by atoms with E-state index in [9.17, 15) is 10.2 Å². The van der Waals surface area contributed by atoms with Gasteiger partial charge in [0.1, 0.15) is 11.5 Å². The van der Waals surface area contributed by atoms with E-state index in [0.29, 0.717) is 23.3 Å². The summed E-state index contributed by atoms with van der Waals surface area (Å²) in [6.45, 7) is 0. The minimum atomic E-state index is 0.0396. The summed E-state index contributed by atoms with van der Waals surface area (Å²) in [4.78, 5) is 0. The minimum absolute atomic E-state index is 0.0396. The molecular formula is C21H24O2. The topological polar surface area (TPSA) is 40.5 Å². The van der Waals surface area contributed by atoms with Crippen molar-refractivity contribution in [2.45, 2.75) is 43.9 Å². The highest BCUT2D eigenvalue weighted by Gasteiger charge is 2.51. The summed E-state index contributed by atoms with van der Waals surface area (Å²) in [5, 5.41) is 19.4. The lowest BCUT2D eigenvalue weighted by molar-refractivity contribution is 0.0837. The van der Waals surface area contributed by atoms with Crippen LogP contribution in [0.4, 0.5) is 0 Å². The Hall–Kier alpha value is -1.96. The van der Waals surface area contributed by atoms with Crippen LogP contribution in [0.25, 0.3) is 0 Å². The molecule has 0 amide bonds. The molecule has 0 atom stereocenters. The molecule has 2 bridgehead atoms. The number of fused-ring (bicyclic) bond motifs is 2. The molecule has 2 aromatic carbocycles. The molecule has 2 aliphatic rings. The normalized spacial score (nSPS) is 25.9. The Bertz CT molecular complexity index is 602. The monoisotopic (exact) mass is 308 g/mol. The fourth-order valence-corrected chi connectivity index (χ4v) is 5.34. The first-order chi connectivity index (χ1) is 11.2. The van der Waals surface area contributed by atoms with E-state index >= 15 is 0 Å². The molecule has 2 saturated carbocycles. The number of benzene rings is 2. The molecule has 4 rings (SSSR count). The molecule has 2 heteroatoms. The summed E-state index contributed by atoms with van der Waals surface area (Å²) in [5.74, 6) is 1.97. The van der Waals surface area contributed by atoms with Crippen molar-refractivity contribution < 1.29 is 10.2 Å². The first-order valence-electron chi connectivity index (χ1n) is 8.80. The molecule has 0 aliphatic heterocycles. The third-order valence-electron chi connectivity index (χ3n) is 6.19. The van der Waals surface area contributed by atoms with Crippen LogP contribution in [0.2, 0.25) is 0 Å². The van der Waals surface area contributed by atoms with E-state index in [4.69, 9.17) is 0 Å². The largest absolute Gasteiger partial charge is 0.508 e. The molecule has 23 heavy (non-hydrogen) atoms. The second kappa shape index (κ2) is 5.59. The molecular weight excluding hydrogens is 284 g/mol. The van der Waals surface area contributed by atoms with Gasteiger partial charge < -0.3 is 10.2 Å². The molecule has 0 saturated heterocycles. The summed E-state index contributed by atoms with van der Waals surface area (Å²) < 4.78 is 0. The Morgan fingerprint density at radius 1 is 0.609 bits per heavy atom. The predicted octanol–water partition coefficient (Wildman–Crippen LogP) is 4.98. The quantitative estimate of drug-likeness (QED) is 0.821. The van der Waals surface area contributed by atoms with Crippen LogP contribution in [-0.2, 0) is 5.41 Å². The summed E-state index contributed by atoms with van der Waals surface area (Å²) in [7, 11) is 0. The van der Waals surface area contributed by atoms with Crippen molar-refractivity contribution in [3.05, 3.63) is 59.7 Å². The van der Waals surface area contributed by atoms with E-state index in [-0.39, 0.29) is 5.41 Å². The van der Waals surface area contributed by atoms with Crippen LogP contribution < -0.4 is 0 Å². The number of phenols is 2. The van der Waals surface area contributed by atoms with Crippen LogP contribution in [0, 0.1) is 11.8 Å². The van der Waals surface area contributed by atoms with Crippen molar-refractivity contribution in [2.24, 2.45) is 11.8 Å². The smallest absolute Gasteiger partial charge is 0.115 e. The maximum absolute atomic E-state index is 9.72. The summed E-state index contributed by atoms with van der Waals surface area (Å²) in [6.07, 6.45) is 7.76. The Labute approximate surface area is 137 Å². The van der Waals surface area contributed by atoms with E-state index < -0.39 is 0 Å². The minimum Gasteiger partial charge on any atom is -0.508 e. The SMILES string of the molecule is Oc1ccc(C2(c3ccc(O)cc3)C3CCCC2CCC3)cc1. The molecule has 2 nitrogen and oxygen atoms in total. The van der Waals surface area contributed by atoms with Crippen LogP contribution >= 0.6 is 0 Å². The Kier molecular flexibility index (Phi) is 3.56. The second-order valence-corrected chi connectivity index (χ2v) is 7.22. The molecule has 2 N–H and O–H groups in total. The molecule has 0 spiro atoms. The van der Waals surface area contributed by atoms with Gasteiger partial charge in [-0.2, -0.15) is 0 Å². The zero-order valence-electron chi connectivity index (χ0n) is 13.4. The second-order valence-electron chi connectivity index (χ2n) is 7.22. The average Bonchev–Trinajstić information content (AvgIpc) is 2.55. The summed E-state index contributed by atoms with van der Waals surface area (Å²) in [6, 6.07) is 15.7. The van der Waals surface area contributed by atoms with Crippen molar-refractivity contribution >= 4 is 0 Å². The predicted molar refractivity (Wildman–Crippen MR) is 91.7 cm³/mol. The van der Waals surface area contributed by atoms with E-state index in [0.717, 1.165) is 0 Å². The van der Waals surface area contributed by atoms with Gasteiger partial charge in [-0.05, 0) is 72.9 Å². The van der Waals surface area contributed by atoms with E-state index in [1.807, 2.05) is 24.3 Å². The number of rotatable bonds is 2. The van der Waals surface area contributed by atoms with Gasteiger partial charge >= 0.3 is 0 Å². The zero-order valence-corrected chi connectivity index (χ0v) is 13.4. The maximum atomic E-state index is 9.72. The third kappa shape index (κ3) is 2.23. The van der Waals surface area contributed by atoms with Gasteiger partial charge in [-0.3, -0.25) is 0 Å². The van der Waals surface area contributed by atoms with Crippen molar-refractivity contribution in [3.63, 3.8) is 0 Å². The van der Waals surface area contributed by atoms with Gasteiger partial charge in [-0.1, -0.05) is 37.1 Å². The van der Waals surface area contributed by atoms with Crippen LogP contribution in [0.3, 0.4) is 0 Å². The lowest BCUT2D eigenvalue weighted by Crippen LogP contribution is -2.48. The number of hydrogen-bond acceptors (Lipinski definition) is 2. The van der Waals surface area contributed by atoms with Crippen molar-refractivity contribution in [3.8, 4) is 11.5 Å². The zero-order chi connectivity index (χ0) is 15.9. The first kappa shape index (κ1) is 14.6. The third-order valence-corrected chi connectivity index (χ3v) is 6.19. The van der Waals surface area contributed by atoms with E-state index in [1.54, 1.807) is 0 Å². The van der Waals surface area contributed by atoms with Crippen molar-refractivity contribution in [2.75, 3.05) is 0 Å². The van der Waals surface area contributed by atoms with Gasteiger partial charge in [0, 0.05) is 5.41 Å². The van der Waals surface area contributed by atoms with Gasteiger partial charge in [-0.25, -0.2) is 0 Å². The lowest BCUT2D eigenvalue weighted by atomic mass is 9.49. The fourth-order valence-electron chi connectivity index (χ4n) is 5.34. The number of hydrogen-bond donors (Lipinski definition) is 2. The van der Waals surface area contributed by atoms with Crippen molar-refractivity contribution in [1.82, 2.24) is 0 Å². The van der Waals surface area contributed by atoms with E-state index in [1.165, 1.54) is 49.7 Å². The number of phenolic OH excluding ortho intramolecular Hbond substituents is 2. The molecule has 2 aromatic rings. The molecule has 0 unspecified atom stereocenters. The van der Waals surface area contributed by atoms with E-state index in [2.05, 4.69) is 24.3 Å². The molecule has 0 radical (unpaired) electrons. The highest BCUT2D eigenvalue weighted by molar-refractivity contribution is 5.45. The maximum Gasteiger partial charge on any atom is 0.115 e.